The quantitative estimate of drug-likeness (QED) is 0.118. The van der Waals surface area contributed by atoms with E-state index in [0.29, 0.717) is 39.4 Å². The first kappa shape index (κ1) is 25.6. The summed E-state index contributed by atoms with van der Waals surface area (Å²) in [7, 11) is 0. The summed E-state index contributed by atoms with van der Waals surface area (Å²) in [4.78, 5) is 14.8. The maximum absolute atomic E-state index is 11.4. The minimum Gasteiger partial charge on any atom is -0.365 e. The molecule has 3 aromatic rings. The molecule has 0 radical (unpaired) electrons. The second-order valence-electron chi connectivity index (χ2n) is 7.94. The van der Waals surface area contributed by atoms with Gasteiger partial charge in [0.1, 0.15) is 11.6 Å². The molecule has 182 valence electrons. The van der Waals surface area contributed by atoms with Crippen LogP contribution in [0.4, 0.5) is 5.69 Å². The van der Waals surface area contributed by atoms with Crippen LogP contribution in [-0.2, 0) is 17.9 Å². The molecule has 1 aliphatic heterocycles. The molecule has 0 fully saturated rings. The number of alkyl halides is 1. The number of para-hydroxylation sites is 1. The van der Waals surface area contributed by atoms with Crippen LogP contribution in [-0.4, -0.2) is 26.9 Å². The van der Waals surface area contributed by atoms with Gasteiger partial charge >= 0.3 is 0 Å². The number of hydrogen-bond acceptors (Lipinski definition) is 5. The number of nitrogens with zero attached hydrogens (tertiary/aromatic N) is 3. The van der Waals surface area contributed by atoms with Crippen LogP contribution < -0.4 is 0 Å². The number of nitro benzene ring substituents is 1. The van der Waals surface area contributed by atoms with E-state index in [1.807, 2.05) is 34.3 Å². The lowest BCUT2D eigenvalue weighted by molar-refractivity contribution is -0.385. The summed E-state index contributed by atoms with van der Waals surface area (Å²) in [6, 6.07) is 19.3. The van der Waals surface area contributed by atoms with Gasteiger partial charge in [-0.15, -0.1) is 0 Å². The van der Waals surface area contributed by atoms with E-state index < -0.39 is 11.6 Å². The average molecular weight is 553 g/mol. The van der Waals surface area contributed by atoms with Crippen LogP contribution in [0, 0.1) is 10.1 Å². The van der Waals surface area contributed by atoms with E-state index in [1.54, 1.807) is 48.5 Å². The van der Waals surface area contributed by atoms with E-state index in [9.17, 15) is 10.1 Å². The first-order valence-electron chi connectivity index (χ1n) is 10.7. The molecule has 1 aliphatic rings. The highest BCUT2D eigenvalue weighted by Crippen LogP contribution is 2.34. The first-order valence-corrected chi connectivity index (χ1v) is 12.2. The van der Waals surface area contributed by atoms with Crippen molar-refractivity contribution < 1.29 is 9.66 Å². The number of ether oxygens (including phenoxy) is 1. The monoisotopic (exact) mass is 551 g/mol. The van der Waals surface area contributed by atoms with Crippen molar-refractivity contribution in [2.45, 2.75) is 24.8 Å². The van der Waals surface area contributed by atoms with E-state index in [2.05, 4.69) is 0 Å². The molecule has 0 aromatic heterocycles. The minimum absolute atomic E-state index is 0.0840. The first-order chi connectivity index (χ1) is 16.8. The molecule has 10 heteroatoms. The van der Waals surface area contributed by atoms with E-state index >= 15 is 0 Å². The van der Waals surface area contributed by atoms with Gasteiger partial charge in [-0.1, -0.05) is 82.8 Å². The average Bonchev–Trinajstić information content (AvgIpc) is 3.30. The molecule has 35 heavy (non-hydrogen) atoms. The highest BCUT2D eigenvalue weighted by atomic mass is 35.5. The summed E-state index contributed by atoms with van der Waals surface area (Å²) >= 11 is 25.7. The van der Waals surface area contributed by atoms with Crippen molar-refractivity contribution >= 4 is 52.1 Å². The van der Waals surface area contributed by atoms with E-state index in [4.69, 9.17) is 51.1 Å². The maximum Gasteiger partial charge on any atom is 0.274 e. The maximum atomic E-state index is 11.4. The Morgan fingerprint density at radius 2 is 1.63 bits per heavy atom. The van der Waals surface area contributed by atoms with Crippen LogP contribution in [0.25, 0.3) is 0 Å². The molecule has 0 saturated heterocycles. The highest BCUT2D eigenvalue weighted by molar-refractivity contribution is 6.36. The molecule has 4 rings (SSSR count). The van der Waals surface area contributed by atoms with Crippen molar-refractivity contribution in [1.82, 2.24) is 9.80 Å². The predicted molar refractivity (Wildman–Crippen MR) is 140 cm³/mol. The molecule has 2 atom stereocenters. The second kappa shape index (κ2) is 11.5. The predicted octanol–water partition coefficient (Wildman–Crippen LogP) is 7.62. The van der Waals surface area contributed by atoms with Crippen molar-refractivity contribution in [2.24, 2.45) is 0 Å². The fourth-order valence-electron chi connectivity index (χ4n) is 3.79. The van der Waals surface area contributed by atoms with Crippen LogP contribution in [0.3, 0.4) is 0 Å². The summed E-state index contributed by atoms with van der Waals surface area (Å²) < 4.78 is 6.27. The van der Waals surface area contributed by atoms with E-state index in [-0.39, 0.29) is 17.2 Å². The fraction of sp³-hybridized carbons (Fsp3) is 0.200. The Morgan fingerprint density at radius 1 is 0.943 bits per heavy atom. The Morgan fingerprint density at radius 3 is 2.31 bits per heavy atom. The van der Waals surface area contributed by atoms with Crippen molar-refractivity contribution in [3.05, 3.63) is 121 Å². The zero-order chi connectivity index (χ0) is 24.9. The zero-order valence-electron chi connectivity index (χ0n) is 18.4. The van der Waals surface area contributed by atoms with Crippen LogP contribution in [0.5, 0.6) is 0 Å². The van der Waals surface area contributed by atoms with Crippen LogP contribution in [0.15, 0.2) is 79.1 Å². The smallest absolute Gasteiger partial charge is 0.274 e. The van der Waals surface area contributed by atoms with Gasteiger partial charge in [0.25, 0.3) is 5.69 Å². The lowest BCUT2D eigenvalue weighted by Gasteiger charge is -2.31. The second-order valence-corrected chi connectivity index (χ2v) is 9.64. The standard InChI is InChI=1S/C25H21Cl4N3O3/c26-19-10-8-17(9-11-19)24(35-15-20-21(27)5-3-6-22(20)28)25(29)31-13-12-30(16-31)14-18-4-1-2-7-23(18)32(33)34/h1-13,24-25H,14-16H2. The largest absolute Gasteiger partial charge is 0.365 e. The van der Waals surface area contributed by atoms with Crippen LogP contribution >= 0.6 is 46.4 Å². The minimum atomic E-state index is -0.593. The van der Waals surface area contributed by atoms with Gasteiger partial charge in [-0.05, 0) is 29.8 Å². The third-order valence-corrected chi connectivity index (χ3v) is 7.05. The van der Waals surface area contributed by atoms with Gasteiger partial charge in [0.15, 0.2) is 0 Å². The number of benzene rings is 3. The molecule has 0 bridgehead atoms. The Balaban J connectivity index is 1.50. The molecule has 2 unspecified atom stereocenters. The van der Waals surface area contributed by atoms with Gasteiger partial charge in [-0.2, -0.15) is 0 Å². The Bertz CT molecular complexity index is 1200. The van der Waals surface area contributed by atoms with Gasteiger partial charge in [-0.25, -0.2) is 0 Å². The molecule has 0 spiro atoms. The van der Waals surface area contributed by atoms with E-state index in [0.717, 1.165) is 5.56 Å². The summed E-state index contributed by atoms with van der Waals surface area (Å²) in [6.07, 6.45) is 3.16. The van der Waals surface area contributed by atoms with Gasteiger partial charge in [0.2, 0.25) is 0 Å². The summed E-state index contributed by atoms with van der Waals surface area (Å²) in [5, 5.41) is 13.0. The zero-order valence-corrected chi connectivity index (χ0v) is 21.4. The van der Waals surface area contributed by atoms with Gasteiger partial charge in [-0.3, -0.25) is 10.1 Å². The number of halogens is 4. The number of rotatable bonds is 9. The molecule has 0 saturated carbocycles. The van der Waals surface area contributed by atoms with Crippen molar-refractivity contribution in [1.29, 1.82) is 0 Å². The van der Waals surface area contributed by atoms with Gasteiger partial charge in [0, 0.05) is 44.7 Å². The Kier molecular flexibility index (Phi) is 8.42. The molecule has 0 N–H and O–H groups in total. The number of hydrogen-bond donors (Lipinski definition) is 0. The van der Waals surface area contributed by atoms with Gasteiger partial charge < -0.3 is 14.5 Å². The molecule has 1 heterocycles. The third kappa shape index (κ3) is 6.21. The molecule has 0 aliphatic carbocycles. The summed E-state index contributed by atoms with van der Waals surface area (Å²) in [6.45, 7) is 0.961. The topological polar surface area (TPSA) is 58.9 Å². The molecular weight excluding hydrogens is 532 g/mol. The SMILES string of the molecule is O=[N+]([O-])c1ccccc1CN1C=CN(C(Cl)C(OCc2c(Cl)cccc2Cl)c2ccc(Cl)cc2)C1. The van der Waals surface area contributed by atoms with Crippen LogP contribution in [0.1, 0.15) is 22.8 Å². The summed E-state index contributed by atoms with van der Waals surface area (Å²) in [5.41, 5.74) is 1.62. The number of nitro groups is 1. The molecule has 6 nitrogen and oxygen atoms in total. The molecular formula is C25H21Cl4N3O3. The molecule has 3 aromatic carbocycles. The van der Waals surface area contributed by atoms with Crippen molar-refractivity contribution in [3.8, 4) is 0 Å². The van der Waals surface area contributed by atoms with Crippen molar-refractivity contribution in [3.63, 3.8) is 0 Å². The van der Waals surface area contributed by atoms with Gasteiger partial charge in [0.05, 0.1) is 24.7 Å². The molecule has 0 amide bonds. The lowest BCUT2D eigenvalue weighted by Crippen LogP contribution is -2.35. The fourth-order valence-corrected chi connectivity index (χ4v) is 4.77. The van der Waals surface area contributed by atoms with Crippen LogP contribution in [0.2, 0.25) is 15.1 Å². The Hall–Kier alpha value is -2.48. The van der Waals surface area contributed by atoms with Crippen molar-refractivity contribution in [2.75, 3.05) is 6.67 Å². The highest BCUT2D eigenvalue weighted by Gasteiger charge is 2.30. The third-order valence-electron chi connectivity index (χ3n) is 5.61. The van der Waals surface area contributed by atoms with E-state index in [1.165, 1.54) is 6.07 Å². The normalized spacial score (nSPS) is 14.9. The summed E-state index contributed by atoms with van der Waals surface area (Å²) in [5.74, 6) is 0. The Labute approximate surface area is 223 Å². The lowest BCUT2D eigenvalue weighted by atomic mass is 10.1.